The molecule has 2 aromatic rings. The fourth-order valence-corrected chi connectivity index (χ4v) is 2.87. The standard InChI is InChI=1S/C18H18N2O4/c1-19-13-6-7-14(20-8-10(22)9-21)16-15(13)17(23)11-4-2-3-5-12(11)18(16)24/h2-7,10,19-22H,8-9H2,1H3. The summed E-state index contributed by atoms with van der Waals surface area (Å²) in [7, 11) is 1.69. The third kappa shape index (κ3) is 2.55. The van der Waals surface area contributed by atoms with E-state index in [1.54, 1.807) is 43.4 Å². The molecule has 0 radical (unpaired) electrons. The van der Waals surface area contributed by atoms with Crippen molar-refractivity contribution in [1.29, 1.82) is 0 Å². The van der Waals surface area contributed by atoms with Gasteiger partial charge in [0.25, 0.3) is 0 Å². The van der Waals surface area contributed by atoms with Crippen LogP contribution < -0.4 is 10.6 Å². The Hall–Kier alpha value is -2.70. The molecule has 0 aromatic heterocycles. The maximum absolute atomic E-state index is 12.9. The highest BCUT2D eigenvalue weighted by Gasteiger charge is 2.33. The van der Waals surface area contributed by atoms with Crippen molar-refractivity contribution in [3.8, 4) is 0 Å². The monoisotopic (exact) mass is 326 g/mol. The van der Waals surface area contributed by atoms with Crippen LogP contribution in [0.2, 0.25) is 0 Å². The lowest BCUT2D eigenvalue weighted by molar-refractivity contribution is 0.0979. The van der Waals surface area contributed by atoms with Crippen LogP contribution in [-0.2, 0) is 0 Å². The summed E-state index contributed by atoms with van der Waals surface area (Å²) in [5.41, 5.74) is 2.41. The van der Waals surface area contributed by atoms with Crippen LogP contribution in [0.25, 0.3) is 0 Å². The molecule has 2 aromatic carbocycles. The van der Waals surface area contributed by atoms with Crippen LogP contribution in [0, 0.1) is 0 Å². The minimum absolute atomic E-state index is 0.0744. The first kappa shape index (κ1) is 16.2. The van der Waals surface area contributed by atoms with Gasteiger partial charge in [-0.15, -0.1) is 0 Å². The molecular weight excluding hydrogens is 308 g/mol. The van der Waals surface area contributed by atoms with Crippen LogP contribution >= 0.6 is 0 Å². The number of carbonyl (C=O) groups excluding carboxylic acids is 2. The summed E-state index contributed by atoms with van der Waals surface area (Å²) in [4.78, 5) is 25.8. The van der Waals surface area contributed by atoms with Crippen molar-refractivity contribution >= 4 is 22.9 Å². The molecule has 0 spiro atoms. The maximum atomic E-state index is 12.9. The summed E-state index contributed by atoms with van der Waals surface area (Å²) in [5, 5.41) is 24.4. The van der Waals surface area contributed by atoms with E-state index >= 15 is 0 Å². The van der Waals surface area contributed by atoms with E-state index in [9.17, 15) is 14.7 Å². The average Bonchev–Trinajstić information content (AvgIpc) is 2.63. The molecule has 1 unspecified atom stereocenters. The van der Waals surface area contributed by atoms with Gasteiger partial charge in [0.15, 0.2) is 11.6 Å². The molecule has 0 amide bonds. The van der Waals surface area contributed by atoms with Gasteiger partial charge in [0.2, 0.25) is 0 Å². The second kappa shape index (κ2) is 6.43. The zero-order valence-electron chi connectivity index (χ0n) is 13.2. The van der Waals surface area contributed by atoms with Gasteiger partial charge < -0.3 is 20.8 Å². The molecule has 0 saturated carbocycles. The highest BCUT2D eigenvalue weighted by molar-refractivity contribution is 6.31. The van der Waals surface area contributed by atoms with E-state index in [2.05, 4.69) is 10.6 Å². The number of aliphatic hydroxyl groups is 2. The van der Waals surface area contributed by atoms with Gasteiger partial charge in [0.1, 0.15) is 0 Å². The maximum Gasteiger partial charge on any atom is 0.196 e. The number of ketones is 2. The number of carbonyl (C=O) groups is 2. The van der Waals surface area contributed by atoms with Crippen molar-refractivity contribution in [2.45, 2.75) is 6.10 Å². The van der Waals surface area contributed by atoms with Gasteiger partial charge in [0.05, 0.1) is 23.8 Å². The minimum Gasteiger partial charge on any atom is -0.394 e. The second-order valence-electron chi connectivity index (χ2n) is 5.58. The van der Waals surface area contributed by atoms with Crippen LogP contribution in [0.15, 0.2) is 36.4 Å². The Kier molecular flexibility index (Phi) is 4.33. The smallest absolute Gasteiger partial charge is 0.196 e. The van der Waals surface area contributed by atoms with Crippen LogP contribution in [0.4, 0.5) is 11.4 Å². The fourth-order valence-electron chi connectivity index (χ4n) is 2.87. The van der Waals surface area contributed by atoms with Gasteiger partial charge in [0, 0.05) is 36.1 Å². The summed E-state index contributed by atoms with van der Waals surface area (Å²) >= 11 is 0. The van der Waals surface area contributed by atoms with E-state index in [1.165, 1.54) is 0 Å². The molecule has 4 N–H and O–H groups in total. The Labute approximate surface area is 139 Å². The first-order chi connectivity index (χ1) is 11.6. The normalized spacial score (nSPS) is 14.0. The molecule has 1 atom stereocenters. The molecule has 24 heavy (non-hydrogen) atoms. The van der Waals surface area contributed by atoms with Gasteiger partial charge in [-0.1, -0.05) is 24.3 Å². The van der Waals surface area contributed by atoms with Crippen molar-refractivity contribution in [2.24, 2.45) is 0 Å². The number of benzene rings is 2. The number of rotatable bonds is 5. The molecule has 1 aliphatic carbocycles. The summed E-state index contributed by atoms with van der Waals surface area (Å²) in [6.45, 7) is -0.315. The molecular formula is C18H18N2O4. The Morgan fingerprint density at radius 1 is 0.958 bits per heavy atom. The number of anilines is 2. The molecule has 0 fully saturated rings. The topological polar surface area (TPSA) is 98.7 Å². The molecule has 1 aliphatic rings. The lowest BCUT2D eigenvalue weighted by Crippen LogP contribution is -2.27. The quantitative estimate of drug-likeness (QED) is 0.564. The third-order valence-corrected chi connectivity index (χ3v) is 4.08. The number of hydrogen-bond donors (Lipinski definition) is 4. The molecule has 124 valence electrons. The highest BCUT2D eigenvalue weighted by atomic mass is 16.3. The largest absolute Gasteiger partial charge is 0.394 e. The number of aliphatic hydroxyl groups excluding tert-OH is 2. The number of nitrogens with one attached hydrogen (secondary N) is 2. The molecule has 0 heterocycles. The SMILES string of the molecule is CNc1ccc(NCC(O)CO)c2c1C(=O)c1ccccc1C2=O. The molecule has 0 aliphatic heterocycles. The molecule has 6 heteroatoms. The molecule has 0 saturated heterocycles. The van der Waals surface area contributed by atoms with Gasteiger partial charge in [-0.05, 0) is 12.1 Å². The van der Waals surface area contributed by atoms with Crippen LogP contribution in [0.5, 0.6) is 0 Å². The molecule has 3 rings (SSSR count). The first-order valence-electron chi connectivity index (χ1n) is 7.64. The summed E-state index contributed by atoms with van der Waals surface area (Å²) in [5.74, 6) is -0.450. The van der Waals surface area contributed by atoms with Crippen molar-refractivity contribution in [3.05, 3.63) is 58.7 Å². The molecule has 0 bridgehead atoms. The first-order valence-corrected chi connectivity index (χ1v) is 7.64. The van der Waals surface area contributed by atoms with E-state index in [4.69, 9.17) is 5.11 Å². The van der Waals surface area contributed by atoms with Crippen molar-refractivity contribution < 1.29 is 19.8 Å². The van der Waals surface area contributed by atoms with Gasteiger partial charge >= 0.3 is 0 Å². The molecule has 6 nitrogen and oxygen atoms in total. The van der Waals surface area contributed by atoms with Gasteiger partial charge in [-0.2, -0.15) is 0 Å². The Balaban J connectivity index is 2.14. The van der Waals surface area contributed by atoms with Crippen LogP contribution in [0.3, 0.4) is 0 Å². The summed E-state index contributed by atoms with van der Waals surface area (Å²) in [6, 6.07) is 10.1. The van der Waals surface area contributed by atoms with Crippen molar-refractivity contribution in [3.63, 3.8) is 0 Å². The van der Waals surface area contributed by atoms with E-state index < -0.39 is 6.10 Å². The van der Waals surface area contributed by atoms with Gasteiger partial charge in [-0.25, -0.2) is 0 Å². The Morgan fingerprint density at radius 3 is 2.04 bits per heavy atom. The van der Waals surface area contributed by atoms with Crippen LogP contribution in [-0.4, -0.2) is 48.1 Å². The van der Waals surface area contributed by atoms with Crippen molar-refractivity contribution in [1.82, 2.24) is 0 Å². The zero-order chi connectivity index (χ0) is 17.3. The minimum atomic E-state index is -0.952. The number of hydrogen-bond acceptors (Lipinski definition) is 6. The van der Waals surface area contributed by atoms with E-state index in [0.717, 1.165) is 0 Å². The van der Waals surface area contributed by atoms with Crippen LogP contribution in [0.1, 0.15) is 31.8 Å². The number of fused-ring (bicyclic) bond motifs is 2. The fraction of sp³-hybridized carbons (Fsp3) is 0.222. The van der Waals surface area contributed by atoms with Gasteiger partial charge in [-0.3, -0.25) is 9.59 Å². The van der Waals surface area contributed by atoms with E-state index in [-0.39, 0.29) is 30.3 Å². The predicted octanol–water partition coefficient (Wildman–Crippen LogP) is 1.27. The third-order valence-electron chi connectivity index (χ3n) is 4.08. The Morgan fingerprint density at radius 2 is 1.50 bits per heavy atom. The summed E-state index contributed by atoms with van der Waals surface area (Å²) < 4.78 is 0. The van der Waals surface area contributed by atoms with E-state index in [0.29, 0.717) is 28.1 Å². The second-order valence-corrected chi connectivity index (χ2v) is 5.58. The predicted molar refractivity (Wildman–Crippen MR) is 90.9 cm³/mol. The summed E-state index contributed by atoms with van der Waals surface area (Å²) in [6.07, 6.45) is -0.952. The zero-order valence-corrected chi connectivity index (χ0v) is 13.2. The Bertz CT molecular complexity index is 817. The lowest BCUT2D eigenvalue weighted by atomic mass is 9.82. The lowest BCUT2D eigenvalue weighted by Gasteiger charge is -2.23. The average molecular weight is 326 g/mol. The van der Waals surface area contributed by atoms with Crippen molar-refractivity contribution in [2.75, 3.05) is 30.8 Å². The highest BCUT2D eigenvalue weighted by Crippen LogP contribution is 2.36. The van der Waals surface area contributed by atoms with E-state index in [1.807, 2.05) is 0 Å².